The van der Waals surface area contributed by atoms with Crippen LogP contribution in [0.5, 0.6) is 0 Å². The summed E-state index contributed by atoms with van der Waals surface area (Å²) in [5.41, 5.74) is 2.07. The summed E-state index contributed by atoms with van der Waals surface area (Å²) in [5.74, 6) is 0. The molecule has 0 spiro atoms. The van der Waals surface area contributed by atoms with E-state index in [1.807, 2.05) is 30.3 Å². The second-order valence-corrected chi connectivity index (χ2v) is 8.02. The van der Waals surface area contributed by atoms with Gasteiger partial charge in [-0.1, -0.05) is 30.3 Å². The second-order valence-electron chi connectivity index (χ2n) is 8.02. The summed E-state index contributed by atoms with van der Waals surface area (Å²) in [6, 6.07) is 9.59. The van der Waals surface area contributed by atoms with Crippen LogP contribution in [0.2, 0.25) is 0 Å². The minimum Gasteiger partial charge on any atom is -0.449 e. The van der Waals surface area contributed by atoms with Gasteiger partial charge in [-0.2, -0.15) is 0 Å². The first-order valence-corrected chi connectivity index (χ1v) is 10.8. The predicted octanol–water partition coefficient (Wildman–Crippen LogP) is 3.73. The van der Waals surface area contributed by atoms with E-state index in [0.29, 0.717) is 30.5 Å². The molecule has 0 aliphatic heterocycles. The smallest absolute Gasteiger partial charge is 0.428 e. The van der Waals surface area contributed by atoms with Gasteiger partial charge in [0.05, 0.1) is 6.61 Å². The molecule has 0 heterocycles. The fraction of sp³-hybridized carbons (Fsp3) is 0.522. The normalized spacial score (nSPS) is 18.5. The minimum absolute atomic E-state index is 0.133. The van der Waals surface area contributed by atoms with E-state index in [0.717, 1.165) is 24.7 Å². The lowest BCUT2D eigenvalue weighted by Gasteiger charge is -2.38. The highest BCUT2D eigenvalue weighted by Crippen LogP contribution is 2.37. The summed E-state index contributed by atoms with van der Waals surface area (Å²) in [5, 5.41) is 3.02. The van der Waals surface area contributed by atoms with Crippen molar-refractivity contribution in [2.45, 2.75) is 57.7 Å². The Hall–Kier alpha value is -2.87. The van der Waals surface area contributed by atoms with Crippen LogP contribution in [-0.4, -0.2) is 66.2 Å². The van der Waals surface area contributed by atoms with Crippen LogP contribution >= 0.6 is 0 Å². The van der Waals surface area contributed by atoms with Crippen molar-refractivity contribution in [3.63, 3.8) is 0 Å². The lowest BCUT2D eigenvalue weighted by atomic mass is 9.91. The van der Waals surface area contributed by atoms with E-state index in [-0.39, 0.29) is 31.4 Å². The maximum absolute atomic E-state index is 12.9. The maximum atomic E-state index is 12.9. The third kappa shape index (κ3) is 5.64. The van der Waals surface area contributed by atoms with Crippen LogP contribution in [0, 0.1) is 0 Å². The highest BCUT2D eigenvalue weighted by atomic mass is 16.6. The number of hydrogen-bond donors (Lipinski definition) is 0. The Labute approximate surface area is 183 Å². The van der Waals surface area contributed by atoms with E-state index in [4.69, 9.17) is 9.47 Å². The summed E-state index contributed by atoms with van der Waals surface area (Å²) in [6.07, 6.45) is 3.34. The maximum Gasteiger partial charge on any atom is 0.428 e. The molecular formula is C23H31N3O5. The molecule has 168 valence electrons. The number of hydrogen-bond acceptors (Lipinski definition) is 6. The van der Waals surface area contributed by atoms with Gasteiger partial charge in [0.1, 0.15) is 12.9 Å². The van der Waals surface area contributed by atoms with Crippen molar-refractivity contribution < 1.29 is 23.9 Å². The summed E-state index contributed by atoms with van der Waals surface area (Å²) in [6.45, 7) is 2.21. The Kier molecular flexibility index (Phi) is 7.68. The van der Waals surface area contributed by atoms with Crippen molar-refractivity contribution in [1.82, 2.24) is 14.9 Å². The molecule has 1 aromatic carbocycles. The van der Waals surface area contributed by atoms with E-state index in [1.54, 1.807) is 30.9 Å². The molecule has 1 saturated carbocycles. The molecule has 2 aliphatic rings. The number of rotatable bonds is 8. The molecule has 1 fully saturated rings. The van der Waals surface area contributed by atoms with Gasteiger partial charge in [-0.3, -0.25) is 4.79 Å². The zero-order chi connectivity index (χ0) is 22.4. The molecule has 3 rings (SSSR count). The third-order valence-electron chi connectivity index (χ3n) is 5.53. The summed E-state index contributed by atoms with van der Waals surface area (Å²) < 4.78 is 10.7. The van der Waals surface area contributed by atoms with Gasteiger partial charge < -0.3 is 14.4 Å². The summed E-state index contributed by atoms with van der Waals surface area (Å²) in [7, 11) is 3.46. The monoisotopic (exact) mass is 429 g/mol. The fourth-order valence-corrected chi connectivity index (χ4v) is 3.98. The molecular weight excluding hydrogens is 398 g/mol. The molecule has 2 aliphatic carbocycles. The van der Waals surface area contributed by atoms with Crippen molar-refractivity contribution >= 4 is 18.5 Å². The van der Waals surface area contributed by atoms with Gasteiger partial charge in [0.2, 0.25) is 0 Å². The number of carbonyl (C=O) groups is 3. The zero-order valence-corrected chi connectivity index (χ0v) is 18.5. The molecule has 1 aromatic rings. The van der Waals surface area contributed by atoms with Crippen molar-refractivity contribution in [1.29, 1.82) is 0 Å². The second kappa shape index (κ2) is 10.4. The first-order chi connectivity index (χ1) is 15.0. The number of carbonyl (C=O) groups excluding carboxylic acids is 3. The number of hydrazine groups is 1. The molecule has 8 nitrogen and oxygen atoms in total. The van der Waals surface area contributed by atoms with Crippen molar-refractivity contribution in [2.24, 2.45) is 0 Å². The predicted molar refractivity (Wildman–Crippen MR) is 115 cm³/mol. The van der Waals surface area contributed by atoms with Crippen LogP contribution in [0.3, 0.4) is 0 Å². The van der Waals surface area contributed by atoms with Crippen LogP contribution in [0.15, 0.2) is 41.6 Å². The first kappa shape index (κ1) is 22.8. The first-order valence-electron chi connectivity index (χ1n) is 10.8. The van der Waals surface area contributed by atoms with E-state index in [1.165, 1.54) is 5.01 Å². The molecule has 1 atom stereocenters. The van der Waals surface area contributed by atoms with Gasteiger partial charge in [0, 0.05) is 37.4 Å². The Balaban J connectivity index is 1.74. The van der Waals surface area contributed by atoms with Gasteiger partial charge in [-0.25, -0.2) is 19.6 Å². The standard InChI is InChI=1S/C23H31N3O5/c1-4-30-23(29)26(24(2)3)21-13-12-20(14-18(21)15-27)25(19-10-11-19)22(28)31-16-17-8-6-5-7-9-17/h5-9,15,19-20H,4,10-14,16H2,1-3H3. The summed E-state index contributed by atoms with van der Waals surface area (Å²) in [4.78, 5) is 39.1. The van der Waals surface area contributed by atoms with Crippen LogP contribution in [0.1, 0.15) is 44.6 Å². The molecule has 0 radical (unpaired) electrons. The third-order valence-corrected chi connectivity index (χ3v) is 5.53. The van der Waals surface area contributed by atoms with Crippen LogP contribution in [0.4, 0.5) is 9.59 Å². The fourth-order valence-electron chi connectivity index (χ4n) is 3.98. The molecule has 1 unspecified atom stereocenters. The Morgan fingerprint density at radius 3 is 2.32 bits per heavy atom. The quantitative estimate of drug-likeness (QED) is 0.463. The van der Waals surface area contributed by atoms with Gasteiger partial charge in [-0.15, -0.1) is 0 Å². The Morgan fingerprint density at radius 1 is 1.03 bits per heavy atom. The van der Waals surface area contributed by atoms with E-state index < -0.39 is 6.09 Å². The Morgan fingerprint density at radius 2 is 1.74 bits per heavy atom. The SMILES string of the molecule is CCOC(=O)N(C1=C(C=O)CC(N(C(=O)OCc2ccccc2)C2CC2)CC1)N(C)C. The van der Waals surface area contributed by atoms with Gasteiger partial charge in [0.25, 0.3) is 0 Å². The average molecular weight is 430 g/mol. The van der Waals surface area contributed by atoms with Crippen molar-refractivity contribution in [3.05, 3.63) is 47.2 Å². The van der Waals surface area contributed by atoms with E-state index in [9.17, 15) is 14.4 Å². The van der Waals surface area contributed by atoms with Gasteiger partial charge in [-0.05, 0) is 44.6 Å². The number of ether oxygens (including phenoxy) is 2. The van der Waals surface area contributed by atoms with Crippen LogP contribution in [-0.2, 0) is 20.9 Å². The molecule has 0 aromatic heterocycles. The zero-order valence-electron chi connectivity index (χ0n) is 18.5. The van der Waals surface area contributed by atoms with Crippen LogP contribution < -0.4 is 0 Å². The lowest BCUT2D eigenvalue weighted by Crippen LogP contribution is -2.47. The highest BCUT2D eigenvalue weighted by molar-refractivity contribution is 5.79. The molecule has 0 saturated heterocycles. The van der Waals surface area contributed by atoms with E-state index >= 15 is 0 Å². The molecule has 0 bridgehead atoms. The minimum atomic E-state index is -0.512. The van der Waals surface area contributed by atoms with E-state index in [2.05, 4.69) is 0 Å². The molecule has 8 heteroatoms. The largest absolute Gasteiger partial charge is 0.449 e. The number of amides is 2. The number of nitrogens with zero attached hydrogens (tertiary/aromatic N) is 3. The number of aldehydes is 1. The molecule has 31 heavy (non-hydrogen) atoms. The summed E-state index contributed by atoms with van der Waals surface area (Å²) >= 11 is 0. The van der Waals surface area contributed by atoms with Crippen molar-refractivity contribution in [2.75, 3.05) is 20.7 Å². The Bertz CT molecular complexity index is 820. The average Bonchev–Trinajstić information content (AvgIpc) is 3.59. The number of allylic oxidation sites excluding steroid dienone is 1. The molecule has 0 N–H and O–H groups in total. The van der Waals surface area contributed by atoms with Gasteiger partial charge >= 0.3 is 12.2 Å². The van der Waals surface area contributed by atoms with Crippen LogP contribution in [0.25, 0.3) is 0 Å². The lowest BCUT2D eigenvalue weighted by molar-refractivity contribution is -0.105. The van der Waals surface area contributed by atoms with Gasteiger partial charge in [0.15, 0.2) is 0 Å². The molecule has 2 amide bonds. The number of benzene rings is 1. The van der Waals surface area contributed by atoms with Crippen molar-refractivity contribution in [3.8, 4) is 0 Å². The topological polar surface area (TPSA) is 79.4 Å². The highest BCUT2D eigenvalue weighted by Gasteiger charge is 2.41.